The number of carbonyl (C=O) groups excluding carboxylic acids is 2. The number of hydrogen-bond donors (Lipinski definition) is 1. The second-order valence-corrected chi connectivity index (χ2v) is 7.24. The van der Waals surface area contributed by atoms with Crippen LogP contribution in [0.3, 0.4) is 0 Å². The van der Waals surface area contributed by atoms with Crippen molar-refractivity contribution in [2.75, 3.05) is 4.90 Å². The molecule has 1 aliphatic heterocycles. The van der Waals surface area contributed by atoms with Gasteiger partial charge in [-0.1, -0.05) is 37.8 Å². The van der Waals surface area contributed by atoms with Crippen LogP contribution in [-0.2, 0) is 16.1 Å². The van der Waals surface area contributed by atoms with E-state index >= 15 is 0 Å². The molecule has 0 radical (unpaired) electrons. The molecule has 1 aromatic rings. The summed E-state index contributed by atoms with van der Waals surface area (Å²) in [6, 6.07) is 6.91. The highest BCUT2D eigenvalue weighted by atomic mass is 16.5. The number of benzene rings is 1. The van der Waals surface area contributed by atoms with Crippen molar-refractivity contribution in [2.24, 2.45) is 5.92 Å². The van der Waals surface area contributed by atoms with Crippen LogP contribution < -0.4 is 10.2 Å². The molecule has 1 unspecified atom stereocenters. The Morgan fingerprint density at radius 2 is 1.75 bits per heavy atom. The molecule has 1 saturated heterocycles. The summed E-state index contributed by atoms with van der Waals surface area (Å²) in [4.78, 5) is 25.9. The van der Waals surface area contributed by atoms with Crippen LogP contribution in [0.2, 0.25) is 0 Å². The van der Waals surface area contributed by atoms with Crippen molar-refractivity contribution < 1.29 is 14.3 Å². The zero-order valence-electron chi connectivity index (χ0n) is 13.9. The van der Waals surface area contributed by atoms with Gasteiger partial charge in [0.25, 0.3) is 5.91 Å². The fraction of sp³-hybridized carbons (Fsp3) is 0.579. The number of nitrogens with one attached hydrogen (secondary N) is 1. The summed E-state index contributed by atoms with van der Waals surface area (Å²) in [6.07, 6.45) is 8.35. The maximum absolute atomic E-state index is 12.5. The maximum Gasteiger partial charge on any atom is 0.329 e. The van der Waals surface area contributed by atoms with Crippen LogP contribution in [0.4, 0.5) is 10.5 Å². The summed E-state index contributed by atoms with van der Waals surface area (Å²) in [7, 11) is 0. The largest absolute Gasteiger partial charge is 0.374 e. The van der Waals surface area contributed by atoms with Gasteiger partial charge in [0, 0.05) is 0 Å². The van der Waals surface area contributed by atoms with Crippen LogP contribution in [-0.4, -0.2) is 24.1 Å². The Balaban J connectivity index is 1.38. The van der Waals surface area contributed by atoms with Crippen molar-refractivity contribution in [3.63, 3.8) is 0 Å². The molecule has 4 rings (SSSR count). The van der Waals surface area contributed by atoms with Crippen LogP contribution >= 0.6 is 0 Å². The standard InChI is InChI=1S/C19H24N2O3/c22-18-17(11-13-5-6-13)20-19(23)21(18)15-9-7-14(8-10-15)12-24-16-3-1-2-4-16/h7-10,13,16-17H,1-6,11-12H2,(H,20,23). The Kier molecular flexibility index (Phi) is 4.27. The van der Waals surface area contributed by atoms with Crippen LogP contribution in [0.5, 0.6) is 0 Å². The van der Waals surface area contributed by atoms with E-state index in [1.807, 2.05) is 24.3 Å². The zero-order valence-corrected chi connectivity index (χ0v) is 13.9. The van der Waals surface area contributed by atoms with Crippen LogP contribution in [0.15, 0.2) is 24.3 Å². The normalized spacial score (nSPS) is 24.7. The van der Waals surface area contributed by atoms with Gasteiger partial charge in [-0.3, -0.25) is 4.79 Å². The van der Waals surface area contributed by atoms with Gasteiger partial charge in [0.05, 0.1) is 18.4 Å². The van der Waals surface area contributed by atoms with Crippen molar-refractivity contribution in [3.05, 3.63) is 29.8 Å². The third-order valence-corrected chi connectivity index (χ3v) is 5.27. The molecule has 5 nitrogen and oxygen atoms in total. The van der Waals surface area contributed by atoms with Crippen molar-refractivity contribution >= 4 is 17.6 Å². The van der Waals surface area contributed by atoms with Crippen molar-refractivity contribution in [1.82, 2.24) is 5.32 Å². The molecule has 0 aromatic heterocycles. The van der Waals surface area contributed by atoms with E-state index in [2.05, 4.69) is 5.32 Å². The Morgan fingerprint density at radius 1 is 1.04 bits per heavy atom. The summed E-state index contributed by atoms with van der Waals surface area (Å²) in [6.45, 7) is 0.593. The lowest BCUT2D eigenvalue weighted by atomic mass is 10.1. The van der Waals surface area contributed by atoms with Crippen molar-refractivity contribution in [2.45, 2.75) is 63.7 Å². The molecule has 5 heteroatoms. The summed E-state index contributed by atoms with van der Waals surface area (Å²) in [5.41, 5.74) is 1.72. The Labute approximate surface area is 142 Å². The highest BCUT2D eigenvalue weighted by Gasteiger charge is 2.41. The van der Waals surface area contributed by atoms with Gasteiger partial charge in [-0.15, -0.1) is 0 Å². The first kappa shape index (κ1) is 15.6. The van der Waals surface area contributed by atoms with E-state index in [9.17, 15) is 9.59 Å². The van der Waals surface area contributed by atoms with Gasteiger partial charge in [-0.2, -0.15) is 0 Å². The Morgan fingerprint density at radius 3 is 2.42 bits per heavy atom. The number of urea groups is 1. The maximum atomic E-state index is 12.5. The van der Waals surface area contributed by atoms with Crippen LogP contribution in [0, 0.1) is 5.92 Å². The molecule has 3 aliphatic rings. The highest BCUT2D eigenvalue weighted by molar-refractivity contribution is 6.21. The number of rotatable bonds is 6. The summed E-state index contributed by atoms with van der Waals surface area (Å²) < 4.78 is 5.90. The average molecular weight is 328 g/mol. The van der Waals surface area contributed by atoms with Gasteiger partial charge < -0.3 is 10.1 Å². The third kappa shape index (κ3) is 3.31. The second kappa shape index (κ2) is 6.55. The van der Waals surface area contributed by atoms with Crippen LogP contribution in [0.1, 0.15) is 50.5 Å². The van der Waals surface area contributed by atoms with E-state index in [4.69, 9.17) is 4.74 Å². The van der Waals surface area contributed by atoms with E-state index in [0.29, 0.717) is 24.3 Å². The molecule has 3 amide bonds. The minimum Gasteiger partial charge on any atom is -0.374 e. The molecule has 1 aromatic carbocycles. The van der Waals surface area contributed by atoms with E-state index in [1.165, 1.54) is 30.6 Å². The SMILES string of the molecule is O=C1NC(CC2CC2)C(=O)N1c1ccc(COC2CCCC2)cc1. The monoisotopic (exact) mass is 328 g/mol. The molecule has 1 atom stereocenters. The molecule has 1 N–H and O–H groups in total. The lowest BCUT2D eigenvalue weighted by molar-refractivity contribution is -0.118. The fourth-order valence-corrected chi connectivity index (χ4v) is 3.63. The van der Waals surface area contributed by atoms with Crippen LogP contribution in [0.25, 0.3) is 0 Å². The van der Waals surface area contributed by atoms with Gasteiger partial charge in [-0.05, 0) is 42.9 Å². The number of nitrogens with zero attached hydrogens (tertiary/aromatic N) is 1. The number of ether oxygens (including phenoxy) is 1. The molecule has 2 saturated carbocycles. The predicted molar refractivity (Wildman–Crippen MR) is 90.6 cm³/mol. The molecule has 3 fully saturated rings. The van der Waals surface area contributed by atoms with E-state index in [1.54, 1.807) is 0 Å². The van der Waals surface area contributed by atoms with E-state index < -0.39 is 0 Å². The minimum absolute atomic E-state index is 0.123. The van der Waals surface area contributed by atoms with Crippen molar-refractivity contribution in [3.8, 4) is 0 Å². The van der Waals surface area contributed by atoms with E-state index in [0.717, 1.165) is 24.8 Å². The van der Waals surface area contributed by atoms with Crippen molar-refractivity contribution in [1.29, 1.82) is 0 Å². The number of anilines is 1. The smallest absolute Gasteiger partial charge is 0.329 e. The summed E-state index contributed by atoms with van der Waals surface area (Å²) in [5, 5.41) is 2.81. The van der Waals surface area contributed by atoms with Gasteiger partial charge in [0.2, 0.25) is 0 Å². The third-order valence-electron chi connectivity index (χ3n) is 5.27. The van der Waals surface area contributed by atoms with E-state index in [-0.39, 0.29) is 18.0 Å². The minimum atomic E-state index is -0.352. The zero-order chi connectivity index (χ0) is 16.5. The number of imide groups is 1. The number of amides is 3. The first-order chi connectivity index (χ1) is 11.7. The molecule has 0 spiro atoms. The summed E-state index contributed by atoms with van der Waals surface area (Å²) in [5.74, 6) is 0.483. The molecule has 2 aliphatic carbocycles. The summed E-state index contributed by atoms with van der Waals surface area (Å²) >= 11 is 0. The van der Waals surface area contributed by atoms with Gasteiger partial charge in [-0.25, -0.2) is 9.69 Å². The molecular formula is C19H24N2O3. The number of hydrogen-bond acceptors (Lipinski definition) is 3. The Bertz CT molecular complexity index is 618. The molecule has 1 heterocycles. The first-order valence-corrected chi connectivity index (χ1v) is 9.06. The van der Waals surface area contributed by atoms with Gasteiger partial charge in [0.15, 0.2) is 0 Å². The lowest BCUT2D eigenvalue weighted by Crippen LogP contribution is -2.31. The predicted octanol–water partition coefficient (Wildman–Crippen LogP) is 3.37. The molecule has 128 valence electrons. The molecular weight excluding hydrogens is 304 g/mol. The number of carbonyl (C=O) groups is 2. The molecule has 24 heavy (non-hydrogen) atoms. The lowest BCUT2D eigenvalue weighted by Gasteiger charge is -2.15. The molecule has 0 bridgehead atoms. The van der Waals surface area contributed by atoms with Gasteiger partial charge in [0.1, 0.15) is 6.04 Å². The second-order valence-electron chi connectivity index (χ2n) is 7.24. The Hall–Kier alpha value is -1.88. The highest BCUT2D eigenvalue weighted by Crippen LogP contribution is 2.35. The quantitative estimate of drug-likeness (QED) is 0.815. The first-order valence-electron chi connectivity index (χ1n) is 9.06. The van der Waals surface area contributed by atoms with Gasteiger partial charge >= 0.3 is 6.03 Å². The average Bonchev–Trinajstić information content (AvgIpc) is 3.15. The topological polar surface area (TPSA) is 58.6 Å². The fourth-order valence-electron chi connectivity index (χ4n) is 3.63.